The number of carbonyl (C=O) groups is 2. The Balaban J connectivity index is 1.96. The highest BCUT2D eigenvalue weighted by atomic mass is 35.5. The van der Waals surface area contributed by atoms with Crippen molar-refractivity contribution in [3.05, 3.63) is 60.2 Å². The van der Waals surface area contributed by atoms with E-state index in [4.69, 9.17) is 11.6 Å². The van der Waals surface area contributed by atoms with Crippen LogP contribution < -0.4 is 0 Å². The fourth-order valence-electron chi connectivity index (χ4n) is 3.07. The largest absolute Gasteiger partial charge is 0.342 e. The van der Waals surface area contributed by atoms with Crippen molar-refractivity contribution in [3.8, 4) is 0 Å². The Morgan fingerprint density at radius 1 is 1.24 bits per heavy atom. The molecule has 25 heavy (non-hydrogen) atoms. The van der Waals surface area contributed by atoms with Crippen LogP contribution in [-0.4, -0.2) is 47.8 Å². The molecule has 0 bridgehead atoms. The van der Waals surface area contributed by atoms with Crippen LogP contribution in [0.1, 0.15) is 18.4 Å². The molecule has 2 amide bonds. The molecular weight excluding hydrogens is 336 g/mol. The minimum atomic E-state index is -0.150. The Kier molecular flexibility index (Phi) is 7.26. The number of benzene rings is 1. The number of amides is 2. The maximum Gasteiger partial charge on any atom is 0.228 e. The lowest BCUT2D eigenvalue weighted by Gasteiger charge is -2.34. The lowest BCUT2D eigenvalue weighted by molar-refractivity contribution is -0.142. The molecule has 5 heteroatoms. The van der Waals surface area contributed by atoms with E-state index in [1.807, 2.05) is 24.3 Å². The summed E-state index contributed by atoms with van der Waals surface area (Å²) >= 11 is 5.90. The standard InChI is InChI=1S/C20H25ClN2O2/c1-3-12-22(13-4-2)20(25)17-7-10-19(24)23(15-17)14-11-16-5-8-18(21)9-6-16/h3-6,8-9,17H,1-2,7,10-15H2/t17-/m0/s1. The maximum atomic E-state index is 12.7. The van der Waals surface area contributed by atoms with Crippen LogP contribution in [0.4, 0.5) is 0 Å². The predicted octanol–water partition coefficient (Wildman–Crippen LogP) is 3.32. The molecule has 1 fully saturated rings. The number of rotatable bonds is 8. The van der Waals surface area contributed by atoms with E-state index in [1.165, 1.54) is 0 Å². The smallest absolute Gasteiger partial charge is 0.228 e. The van der Waals surface area contributed by atoms with Crippen molar-refractivity contribution >= 4 is 23.4 Å². The fourth-order valence-corrected chi connectivity index (χ4v) is 3.20. The van der Waals surface area contributed by atoms with Gasteiger partial charge in [-0.3, -0.25) is 9.59 Å². The van der Waals surface area contributed by atoms with E-state index in [0.717, 1.165) is 12.0 Å². The highest BCUT2D eigenvalue weighted by Gasteiger charge is 2.32. The van der Waals surface area contributed by atoms with E-state index in [0.29, 0.717) is 44.0 Å². The summed E-state index contributed by atoms with van der Waals surface area (Å²) in [5.41, 5.74) is 1.13. The van der Waals surface area contributed by atoms with E-state index >= 15 is 0 Å². The summed E-state index contributed by atoms with van der Waals surface area (Å²) in [7, 11) is 0. The van der Waals surface area contributed by atoms with Crippen LogP contribution in [0.2, 0.25) is 5.02 Å². The van der Waals surface area contributed by atoms with E-state index < -0.39 is 0 Å². The van der Waals surface area contributed by atoms with E-state index in [2.05, 4.69) is 13.2 Å². The summed E-state index contributed by atoms with van der Waals surface area (Å²) in [6.45, 7) is 9.51. The molecule has 0 spiro atoms. The maximum absolute atomic E-state index is 12.7. The predicted molar refractivity (Wildman–Crippen MR) is 101 cm³/mol. The van der Waals surface area contributed by atoms with Crippen LogP contribution in [0, 0.1) is 5.92 Å². The first kappa shape index (κ1) is 19.3. The molecule has 134 valence electrons. The third kappa shape index (κ3) is 5.46. The number of hydrogen-bond acceptors (Lipinski definition) is 2. The molecule has 2 rings (SSSR count). The van der Waals surface area contributed by atoms with Gasteiger partial charge in [-0.25, -0.2) is 0 Å². The molecule has 1 aliphatic heterocycles. The lowest BCUT2D eigenvalue weighted by Crippen LogP contribution is -2.47. The van der Waals surface area contributed by atoms with E-state index in [9.17, 15) is 9.59 Å². The van der Waals surface area contributed by atoms with E-state index in [1.54, 1.807) is 22.0 Å². The molecular formula is C20H25ClN2O2. The molecule has 1 aromatic rings. The van der Waals surface area contributed by atoms with E-state index in [-0.39, 0.29) is 17.7 Å². The second kappa shape index (κ2) is 9.42. The summed E-state index contributed by atoms with van der Waals surface area (Å²) < 4.78 is 0. The summed E-state index contributed by atoms with van der Waals surface area (Å²) in [5, 5.41) is 0.702. The van der Waals surface area contributed by atoms with Gasteiger partial charge in [0.1, 0.15) is 0 Å². The van der Waals surface area contributed by atoms with Gasteiger partial charge in [-0.05, 0) is 30.5 Å². The van der Waals surface area contributed by atoms with Crippen molar-refractivity contribution < 1.29 is 9.59 Å². The number of carbonyl (C=O) groups excluding carboxylic acids is 2. The SMILES string of the molecule is C=CCN(CC=C)C(=O)[C@H]1CCC(=O)N(CCc2ccc(Cl)cc2)C1. The number of nitrogens with zero attached hydrogens (tertiary/aromatic N) is 2. The van der Waals surface area contributed by atoms with Crippen LogP contribution in [0.15, 0.2) is 49.6 Å². The summed E-state index contributed by atoms with van der Waals surface area (Å²) in [5.74, 6) is 0.0450. The van der Waals surface area contributed by atoms with Crippen LogP contribution in [-0.2, 0) is 16.0 Å². The van der Waals surface area contributed by atoms with Gasteiger partial charge in [0.15, 0.2) is 0 Å². The average molecular weight is 361 g/mol. The quantitative estimate of drug-likeness (QED) is 0.667. The lowest BCUT2D eigenvalue weighted by atomic mass is 9.95. The molecule has 0 aromatic heterocycles. The molecule has 4 nitrogen and oxygen atoms in total. The summed E-state index contributed by atoms with van der Waals surface area (Å²) in [6, 6.07) is 7.64. The Morgan fingerprint density at radius 3 is 2.48 bits per heavy atom. The summed E-state index contributed by atoms with van der Waals surface area (Å²) in [6.07, 6.45) is 5.22. The van der Waals surface area contributed by atoms with Crippen molar-refractivity contribution in [1.29, 1.82) is 0 Å². The van der Waals surface area contributed by atoms with Gasteiger partial charge < -0.3 is 9.80 Å². The minimum Gasteiger partial charge on any atom is -0.342 e. The molecule has 1 saturated heterocycles. The van der Waals surface area contributed by atoms with Gasteiger partial charge in [0.25, 0.3) is 0 Å². The molecule has 0 N–H and O–H groups in total. The third-order valence-electron chi connectivity index (χ3n) is 4.44. The van der Waals surface area contributed by atoms with Crippen LogP contribution in [0.3, 0.4) is 0 Å². The second-order valence-electron chi connectivity index (χ2n) is 6.27. The van der Waals surface area contributed by atoms with Crippen molar-refractivity contribution in [3.63, 3.8) is 0 Å². The van der Waals surface area contributed by atoms with Crippen molar-refractivity contribution in [1.82, 2.24) is 9.80 Å². The number of hydrogen-bond donors (Lipinski definition) is 0. The average Bonchev–Trinajstić information content (AvgIpc) is 2.61. The van der Waals surface area contributed by atoms with Crippen LogP contribution in [0.25, 0.3) is 0 Å². The minimum absolute atomic E-state index is 0.0730. The number of halogens is 1. The van der Waals surface area contributed by atoms with Gasteiger partial charge in [-0.1, -0.05) is 35.9 Å². The molecule has 1 heterocycles. The Bertz CT molecular complexity index is 617. The first-order valence-electron chi connectivity index (χ1n) is 8.58. The fraction of sp³-hybridized carbons (Fsp3) is 0.400. The van der Waals surface area contributed by atoms with Gasteiger partial charge in [-0.2, -0.15) is 0 Å². The van der Waals surface area contributed by atoms with Gasteiger partial charge in [0.2, 0.25) is 11.8 Å². The third-order valence-corrected chi connectivity index (χ3v) is 4.70. The Labute approximate surface area is 154 Å². The monoisotopic (exact) mass is 360 g/mol. The van der Waals surface area contributed by atoms with Crippen molar-refractivity contribution in [2.75, 3.05) is 26.2 Å². The Morgan fingerprint density at radius 2 is 1.88 bits per heavy atom. The molecule has 1 aromatic carbocycles. The zero-order valence-electron chi connectivity index (χ0n) is 14.5. The topological polar surface area (TPSA) is 40.6 Å². The highest BCUT2D eigenvalue weighted by Crippen LogP contribution is 2.21. The molecule has 1 atom stereocenters. The zero-order valence-corrected chi connectivity index (χ0v) is 15.3. The molecule has 0 saturated carbocycles. The first-order chi connectivity index (χ1) is 12.0. The van der Waals surface area contributed by atoms with Crippen LogP contribution >= 0.6 is 11.6 Å². The second-order valence-corrected chi connectivity index (χ2v) is 6.71. The molecule has 1 aliphatic rings. The van der Waals surface area contributed by atoms with Crippen LogP contribution in [0.5, 0.6) is 0 Å². The van der Waals surface area contributed by atoms with Gasteiger partial charge in [-0.15, -0.1) is 13.2 Å². The molecule has 0 aliphatic carbocycles. The van der Waals surface area contributed by atoms with Crippen molar-refractivity contribution in [2.45, 2.75) is 19.3 Å². The Hall–Kier alpha value is -2.07. The van der Waals surface area contributed by atoms with Gasteiger partial charge in [0, 0.05) is 37.6 Å². The normalized spacial score (nSPS) is 17.2. The highest BCUT2D eigenvalue weighted by molar-refractivity contribution is 6.30. The van der Waals surface area contributed by atoms with Crippen molar-refractivity contribution in [2.24, 2.45) is 5.92 Å². The number of piperidine rings is 1. The van der Waals surface area contributed by atoms with Gasteiger partial charge in [0.05, 0.1) is 5.92 Å². The number of likely N-dealkylation sites (tertiary alicyclic amines) is 1. The molecule has 0 radical (unpaired) electrons. The first-order valence-corrected chi connectivity index (χ1v) is 8.95. The zero-order chi connectivity index (χ0) is 18.2. The summed E-state index contributed by atoms with van der Waals surface area (Å²) in [4.78, 5) is 28.5. The molecule has 0 unspecified atom stereocenters. The van der Waals surface area contributed by atoms with Gasteiger partial charge >= 0.3 is 0 Å².